The van der Waals surface area contributed by atoms with E-state index in [0.717, 1.165) is 48.5 Å². The number of hydrogen-bond donors (Lipinski definition) is 0. The highest BCUT2D eigenvalue weighted by atomic mass is 16.6. The molecule has 210 valence electrons. The van der Waals surface area contributed by atoms with Crippen LogP contribution in [0.4, 0.5) is 17.1 Å². The molecule has 0 atom stereocenters. The van der Waals surface area contributed by atoms with Gasteiger partial charge in [-0.25, -0.2) is 14.4 Å². The molecule has 4 aromatic carbocycles. The van der Waals surface area contributed by atoms with Crippen LogP contribution < -0.4 is 14.2 Å². The van der Waals surface area contributed by atoms with E-state index < -0.39 is 67.0 Å². The third-order valence-corrected chi connectivity index (χ3v) is 5.42. The van der Waals surface area contributed by atoms with Crippen molar-refractivity contribution in [2.75, 3.05) is 0 Å². The zero-order valence-electron chi connectivity index (χ0n) is 20.9. The molecule has 15 heteroatoms. The molecule has 0 saturated carbocycles. The zero-order chi connectivity index (χ0) is 30.4. The quantitative estimate of drug-likeness (QED) is 0.111. The molecule has 0 aliphatic heterocycles. The van der Waals surface area contributed by atoms with Gasteiger partial charge in [0.05, 0.1) is 31.5 Å². The molecule has 0 amide bonds. The molecule has 0 spiro atoms. The number of non-ortho nitro benzene ring substituents is 3. The summed E-state index contributed by atoms with van der Waals surface area (Å²) in [5, 5.41) is 33.3. The first-order chi connectivity index (χ1) is 20.0. The summed E-state index contributed by atoms with van der Waals surface area (Å²) in [6.45, 7) is 0. The normalized spacial score (nSPS) is 10.3. The van der Waals surface area contributed by atoms with Crippen LogP contribution in [0.15, 0.2) is 91.0 Å². The summed E-state index contributed by atoms with van der Waals surface area (Å²) in [6, 6.07) is 17.2. The molecule has 0 saturated heterocycles. The Morgan fingerprint density at radius 1 is 0.476 bits per heavy atom. The van der Waals surface area contributed by atoms with E-state index in [0.29, 0.717) is 0 Å². The molecule has 0 radical (unpaired) electrons. The van der Waals surface area contributed by atoms with Crippen LogP contribution in [0.25, 0.3) is 0 Å². The van der Waals surface area contributed by atoms with Crippen molar-refractivity contribution < 1.29 is 43.4 Å². The molecule has 0 fully saturated rings. The lowest BCUT2D eigenvalue weighted by molar-refractivity contribution is -0.385. The Labute approximate surface area is 233 Å². The zero-order valence-corrected chi connectivity index (χ0v) is 20.9. The van der Waals surface area contributed by atoms with Crippen LogP contribution >= 0.6 is 0 Å². The van der Waals surface area contributed by atoms with Gasteiger partial charge < -0.3 is 14.2 Å². The molecule has 42 heavy (non-hydrogen) atoms. The summed E-state index contributed by atoms with van der Waals surface area (Å²) >= 11 is 0. The summed E-state index contributed by atoms with van der Waals surface area (Å²) in [7, 11) is 0. The smallest absolute Gasteiger partial charge is 0.344 e. The maximum Gasteiger partial charge on any atom is 0.344 e. The first-order valence-corrected chi connectivity index (χ1v) is 11.6. The number of rotatable bonds is 9. The Morgan fingerprint density at radius 2 is 0.786 bits per heavy atom. The Hall–Kier alpha value is -6.51. The maximum absolute atomic E-state index is 13.0. The highest BCUT2D eigenvalue weighted by Gasteiger charge is 2.24. The molecule has 0 aliphatic carbocycles. The predicted molar refractivity (Wildman–Crippen MR) is 141 cm³/mol. The van der Waals surface area contributed by atoms with Crippen molar-refractivity contribution in [3.05, 3.63) is 138 Å². The fourth-order valence-electron chi connectivity index (χ4n) is 3.47. The molecular weight excluding hydrogens is 558 g/mol. The van der Waals surface area contributed by atoms with Crippen LogP contribution in [0, 0.1) is 30.3 Å². The molecule has 4 aromatic rings. The highest BCUT2D eigenvalue weighted by molar-refractivity contribution is 5.95. The second-order valence-corrected chi connectivity index (χ2v) is 8.17. The van der Waals surface area contributed by atoms with Crippen molar-refractivity contribution in [3.63, 3.8) is 0 Å². The lowest BCUT2D eigenvalue weighted by Gasteiger charge is -2.14. The average molecular weight is 573 g/mol. The van der Waals surface area contributed by atoms with Gasteiger partial charge in [0.2, 0.25) is 5.75 Å². The van der Waals surface area contributed by atoms with E-state index in [-0.39, 0.29) is 16.7 Å². The van der Waals surface area contributed by atoms with E-state index in [1.807, 2.05) is 0 Å². The fraction of sp³-hybridized carbons (Fsp3) is 0. The molecular formula is C27H15N3O12. The number of hydrogen-bond acceptors (Lipinski definition) is 12. The molecule has 15 nitrogen and oxygen atoms in total. The molecule has 0 unspecified atom stereocenters. The minimum absolute atomic E-state index is 0.237. The van der Waals surface area contributed by atoms with Crippen molar-refractivity contribution in [1.29, 1.82) is 0 Å². The summed E-state index contributed by atoms with van der Waals surface area (Å²) in [6.07, 6.45) is 0. The van der Waals surface area contributed by atoms with Gasteiger partial charge in [-0.3, -0.25) is 30.3 Å². The predicted octanol–water partition coefficient (Wildman–Crippen LogP) is 5.07. The first kappa shape index (κ1) is 28.5. The number of esters is 3. The van der Waals surface area contributed by atoms with Gasteiger partial charge in [0.1, 0.15) is 0 Å². The number of nitro benzene ring substituents is 3. The van der Waals surface area contributed by atoms with Crippen LogP contribution in [0.5, 0.6) is 17.2 Å². The Morgan fingerprint density at radius 3 is 1.12 bits per heavy atom. The van der Waals surface area contributed by atoms with E-state index >= 15 is 0 Å². The van der Waals surface area contributed by atoms with Crippen molar-refractivity contribution in [3.8, 4) is 17.2 Å². The number of ether oxygens (including phenoxy) is 3. The summed E-state index contributed by atoms with van der Waals surface area (Å²) in [5.41, 5.74) is -1.98. The number of carbonyl (C=O) groups is 3. The number of benzene rings is 4. The lowest BCUT2D eigenvalue weighted by Crippen LogP contribution is -2.15. The van der Waals surface area contributed by atoms with Crippen LogP contribution in [0.1, 0.15) is 31.1 Å². The van der Waals surface area contributed by atoms with E-state index in [4.69, 9.17) is 14.2 Å². The Balaban J connectivity index is 1.72. The first-order valence-electron chi connectivity index (χ1n) is 11.6. The topological polar surface area (TPSA) is 208 Å². The van der Waals surface area contributed by atoms with Crippen molar-refractivity contribution in [2.45, 2.75) is 0 Å². The number of para-hydroxylation sites is 1. The second kappa shape index (κ2) is 12.1. The molecule has 4 rings (SSSR count). The molecule has 0 heterocycles. The molecule has 0 bridgehead atoms. The van der Waals surface area contributed by atoms with Gasteiger partial charge in [0.25, 0.3) is 17.1 Å². The summed E-state index contributed by atoms with van der Waals surface area (Å²) in [4.78, 5) is 69.8. The van der Waals surface area contributed by atoms with Crippen molar-refractivity contribution in [1.82, 2.24) is 0 Å². The Bertz CT molecular complexity index is 1680. The van der Waals surface area contributed by atoms with Crippen LogP contribution in [0.2, 0.25) is 0 Å². The standard InChI is InChI=1S/C27H15N3O12/c31-25(16-5-1-8-19(13-16)28(34)35)40-22-11-4-12-23(41-26(32)17-6-2-9-20(14-17)29(36)37)24(22)42-27(33)18-7-3-10-21(15-18)30(38)39/h1-15H. The van der Waals surface area contributed by atoms with Crippen molar-refractivity contribution >= 4 is 35.0 Å². The second-order valence-electron chi connectivity index (χ2n) is 8.17. The third-order valence-electron chi connectivity index (χ3n) is 5.42. The van der Waals surface area contributed by atoms with E-state index in [9.17, 15) is 44.7 Å². The van der Waals surface area contributed by atoms with Gasteiger partial charge in [0, 0.05) is 36.4 Å². The number of carbonyl (C=O) groups excluding carboxylic acids is 3. The molecule has 0 aliphatic rings. The van der Waals surface area contributed by atoms with Gasteiger partial charge in [-0.2, -0.15) is 0 Å². The van der Waals surface area contributed by atoms with Gasteiger partial charge in [0.15, 0.2) is 11.5 Å². The maximum atomic E-state index is 13.0. The SMILES string of the molecule is O=C(Oc1cccc(OC(=O)c2cccc([N+](=O)[O-])c2)c1OC(=O)c1cccc([N+](=O)[O-])c1)c1cccc([N+](=O)[O-])c1. The van der Waals surface area contributed by atoms with Crippen LogP contribution in [-0.2, 0) is 0 Å². The summed E-state index contributed by atoms with van der Waals surface area (Å²) < 4.78 is 16.0. The van der Waals surface area contributed by atoms with Gasteiger partial charge in [-0.1, -0.05) is 24.3 Å². The third kappa shape index (κ3) is 6.55. The Kier molecular flexibility index (Phi) is 8.22. The summed E-state index contributed by atoms with van der Waals surface area (Å²) in [5.74, 6) is -4.90. The molecule has 0 N–H and O–H groups in total. The van der Waals surface area contributed by atoms with Gasteiger partial charge in [-0.05, 0) is 30.3 Å². The van der Waals surface area contributed by atoms with E-state index in [2.05, 4.69) is 0 Å². The van der Waals surface area contributed by atoms with Crippen molar-refractivity contribution in [2.24, 2.45) is 0 Å². The van der Waals surface area contributed by atoms with Gasteiger partial charge in [-0.15, -0.1) is 0 Å². The number of nitro groups is 3. The average Bonchev–Trinajstić information content (AvgIpc) is 2.98. The fourth-order valence-corrected chi connectivity index (χ4v) is 3.47. The highest BCUT2D eigenvalue weighted by Crippen LogP contribution is 2.39. The number of nitrogens with zero attached hydrogens (tertiary/aromatic N) is 3. The van der Waals surface area contributed by atoms with Gasteiger partial charge >= 0.3 is 17.9 Å². The van der Waals surface area contributed by atoms with E-state index in [1.54, 1.807) is 0 Å². The van der Waals surface area contributed by atoms with Crippen LogP contribution in [-0.4, -0.2) is 32.7 Å². The minimum atomic E-state index is -1.16. The van der Waals surface area contributed by atoms with E-state index in [1.165, 1.54) is 42.5 Å². The monoisotopic (exact) mass is 573 g/mol. The van der Waals surface area contributed by atoms with Crippen LogP contribution in [0.3, 0.4) is 0 Å². The lowest BCUT2D eigenvalue weighted by atomic mass is 10.2. The largest absolute Gasteiger partial charge is 0.419 e. The minimum Gasteiger partial charge on any atom is -0.419 e. The molecule has 0 aromatic heterocycles.